The van der Waals surface area contributed by atoms with E-state index in [1.54, 1.807) is 24.3 Å². The van der Waals surface area contributed by atoms with Crippen molar-refractivity contribution in [3.05, 3.63) is 35.4 Å². The van der Waals surface area contributed by atoms with E-state index in [1.165, 1.54) is 0 Å². The van der Waals surface area contributed by atoms with Crippen LogP contribution in [0.2, 0.25) is 0 Å². The lowest BCUT2D eigenvalue weighted by Crippen LogP contribution is -2.22. The number of hydrogen-bond acceptors (Lipinski definition) is 3. The normalized spacial score (nSPS) is 13.5. The van der Waals surface area contributed by atoms with E-state index in [9.17, 15) is 15.0 Å². The summed E-state index contributed by atoms with van der Waals surface area (Å²) in [6.07, 6.45) is -1.49. The Morgan fingerprint density at radius 1 is 1.31 bits per heavy atom. The molecule has 16 heavy (non-hydrogen) atoms. The Bertz CT molecular complexity index is 367. The second kappa shape index (κ2) is 4.63. The van der Waals surface area contributed by atoms with E-state index in [1.807, 2.05) is 13.8 Å². The number of rotatable bonds is 4. The Hall–Kier alpha value is -1.39. The lowest BCUT2D eigenvalue weighted by atomic mass is 9.85. The van der Waals surface area contributed by atoms with Crippen LogP contribution in [0.25, 0.3) is 0 Å². The maximum Gasteiger partial charge on any atom is 0.337 e. The van der Waals surface area contributed by atoms with E-state index in [0.29, 0.717) is 5.56 Å². The first kappa shape index (κ1) is 12.7. The van der Waals surface area contributed by atoms with Crippen LogP contribution in [-0.4, -0.2) is 27.9 Å². The average Bonchev–Trinajstić information content (AvgIpc) is 2.28. The summed E-state index contributed by atoms with van der Waals surface area (Å²) in [5.74, 6) is -1.27. The highest BCUT2D eigenvalue weighted by Crippen LogP contribution is 2.24. The van der Waals surface area contributed by atoms with Crippen LogP contribution in [0.4, 0.5) is 0 Å². The van der Waals surface area contributed by atoms with E-state index in [2.05, 4.69) is 0 Å². The van der Waals surface area contributed by atoms with Crippen LogP contribution in [0, 0.1) is 0 Å². The predicted molar refractivity (Wildman–Crippen MR) is 59.1 cm³/mol. The molecule has 0 fully saturated rings. The summed E-state index contributed by atoms with van der Waals surface area (Å²) < 4.78 is 0. The summed E-state index contributed by atoms with van der Waals surface area (Å²) in [7, 11) is 0. The molecule has 0 aromatic heterocycles. The van der Waals surface area contributed by atoms with Gasteiger partial charge in [-0.25, -0.2) is 4.79 Å². The summed E-state index contributed by atoms with van der Waals surface area (Å²) in [5, 5.41) is 27.1. The van der Waals surface area contributed by atoms with Gasteiger partial charge in [-0.2, -0.15) is 0 Å². The fraction of sp³-hybridized carbons (Fsp3) is 0.417. The van der Waals surface area contributed by atoms with Crippen molar-refractivity contribution >= 4 is 5.97 Å². The van der Waals surface area contributed by atoms with Crippen LogP contribution in [0.15, 0.2) is 24.3 Å². The molecule has 1 rings (SSSR count). The molecule has 4 nitrogen and oxygen atoms in total. The first-order chi connectivity index (χ1) is 7.38. The average molecular weight is 224 g/mol. The second-order valence-electron chi connectivity index (χ2n) is 4.40. The topological polar surface area (TPSA) is 77.8 Å². The van der Waals surface area contributed by atoms with Crippen molar-refractivity contribution in [3.63, 3.8) is 0 Å². The fourth-order valence-electron chi connectivity index (χ4n) is 1.35. The molecular weight excluding hydrogens is 208 g/mol. The molecule has 0 saturated heterocycles. The van der Waals surface area contributed by atoms with Gasteiger partial charge >= 0.3 is 5.97 Å². The lowest BCUT2D eigenvalue weighted by Gasteiger charge is -2.22. The van der Waals surface area contributed by atoms with Gasteiger partial charge in [0, 0.05) is 5.41 Å². The minimum Gasteiger partial charge on any atom is -0.479 e. The monoisotopic (exact) mass is 224 g/mol. The Kier molecular flexibility index (Phi) is 3.67. The standard InChI is InChI=1S/C12H16O4/c1-12(2,7-13)9-5-3-8(4-6-9)10(14)11(15)16/h3-6,10,13-14H,7H2,1-2H3,(H,15,16). The maximum atomic E-state index is 10.5. The Balaban J connectivity index is 2.96. The third kappa shape index (κ3) is 2.59. The molecule has 3 N–H and O–H groups in total. The van der Waals surface area contributed by atoms with Gasteiger partial charge in [0.15, 0.2) is 6.10 Å². The predicted octanol–water partition coefficient (Wildman–Crippen LogP) is 1.07. The van der Waals surface area contributed by atoms with Crippen molar-refractivity contribution in [2.24, 2.45) is 0 Å². The highest BCUT2D eigenvalue weighted by Gasteiger charge is 2.21. The summed E-state index contributed by atoms with van der Waals surface area (Å²) in [5.41, 5.74) is 0.869. The minimum absolute atomic E-state index is 0.00777. The molecule has 0 radical (unpaired) electrons. The molecule has 0 heterocycles. The van der Waals surface area contributed by atoms with E-state index in [-0.39, 0.29) is 12.0 Å². The number of aliphatic hydroxyl groups excluding tert-OH is 2. The van der Waals surface area contributed by atoms with E-state index < -0.39 is 12.1 Å². The number of aliphatic hydroxyl groups is 2. The molecule has 1 atom stereocenters. The van der Waals surface area contributed by atoms with Crippen molar-refractivity contribution in [2.45, 2.75) is 25.4 Å². The molecule has 0 amide bonds. The smallest absolute Gasteiger partial charge is 0.337 e. The summed E-state index contributed by atoms with van der Waals surface area (Å²) in [4.78, 5) is 10.5. The highest BCUT2D eigenvalue weighted by atomic mass is 16.4. The summed E-state index contributed by atoms with van der Waals surface area (Å²) >= 11 is 0. The third-order valence-corrected chi connectivity index (χ3v) is 2.64. The first-order valence-corrected chi connectivity index (χ1v) is 5.00. The van der Waals surface area contributed by atoms with Crippen LogP contribution in [-0.2, 0) is 10.2 Å². The molecule has 1 aromatic carbocycles. The van der Waals surface area contributed by atoms with Crippen LogP contribution >= 0.6 is 0 Å². The van der Waals surface area contributed by atoms with Crippen LogP contribution in [0.1, 0.15) is 31.1 Å². The molecule has 0 aliphatic carbocycles. The van der Waals surface area contributed by atoms with Crippen molar-refractivity contribution in [1.29, 1.82) is 0 Å². The van der Waals surface area contributed by atoms with Gasteiger partial charge in [-0.3, -0.25) is 0 Å². The maximum absolute atomic E-state index is 10.5. The molecule has 0 spiro atoms. The molecule has 1 unspecified atom stereocenters. The number of hydrogen-bond donors (Lipinski definition) is 3. The van der Waals surface area contributed by atoms with Gasteiger partial charge in [0.25, 0.3) is 0 Å². The number of benzene rings is 1. The molecule has 4 heteroatoms. The van der Waals surface area contributed by atoms with Gasteiger partial charge in [0.2, 0.25) is 0 Å². The van der Waals surface area contributed by atoms with Crippen LogP contribution < -0.4 is 0 Å². The Morgan fingerprint density at radius 2 is 1.81 bits per heavy atom. The van der Waals surface area contributed by atoms with Crippen molar-refractivity contribution in [1.82, 2.24) is 0 Å². The molecule has 88 valence electrons. The number of aliphatic carboxylic acids is 1. The summed E-state index contributed by atoms with van der Waals surface area (Å²) in [6.45, 7) is 3.78. The van der Waals surface area contributed by atoms with Gasteiger partial charge < -0.3 is 15.3 Å². The number of carbonyl (C=O) groups is 1. The van der Waals surface area contributed by atoms with E-state index in [0.717, 1.165) is 5.56 Å². The molecule has 1 aromatic rings. The number of carboxylic acids is 1. The van der Waals surface area contributed by atoms with Crippen molar-refractivity contribution < 1.29 is 20.1 Å². The zero-order chi connectivity index (χ0) is 12.3. The zero-order valence-electron chi connectivity index (χ0n) is 9.34. The quantitative estimate of drug-likeness (QED) is 0.715. The molecule has 0 aliphatic rings. The minimum atomic E-state index is -1.49. The van der Waals surface area contributed by atoms with Gasteiger partial charge in [-0.05, 0) is 11.1 Å². The largest absolute Gasteiger partial charge is 0.479 e. The van der Waals surface area contributed by atoms with Crippen LogP contribution in [0.3, 0.4) is 0 Å². The summed E-state index contributed by atoms with van der Waals surface area (Å²) in [6, 6.07) is 6.56. The van der Waals surface area contributed by atoms with Gasteiger partial charge in [0.1, 0.15) is 0 Å². The van der Waals surface area contributed by atoms with E-state index >= 15 is 0 Å². The Morgan fingerprint density at radius 3 is 2.19 bits per heavy atom. The van der Waals surface area contributed by atoms with Crippen molar-refractivity contribution in [3.8, 4) is 0 Å². The van der Waals surface area contributed by atoms with Gasteiger partial charge in [-0.1, -0.05) is 38.1 Å². The zero-order valence-corrected chi connectivity index (χ0v) is 9.34. The first-order valence-electron chi connectivity index (χ1n) is 5.00. The van der Waals surface area contributed by atoms with Gasteiger partial charge in [-0.15, -0.1) is 0 Å². The molecule has 0 saturated carbocycles. The van der Waals surface area contributed by atoms with Crippen molar-refractivity contribution in [2.75, 3.05) is 6.61 Å². The molecular formula is C12H16O4. The molecule has 0 bridgehead atoms. The second-order valence-corrected chi connectivity index (χ2v) is 4.40. The van der Waals surface area contributed by atoms with E-state index in [4.69, 9.17) is 5.11 Å². The van der Waals surface area contributed by atoms with Crippen LogP contribution in [0.5, 0.6) is 0 Å². The highest BCUT2D eigenvalue weighted by molar-refractivity contribution is 5.74. The third-order valence-electron chi connectivity index (χ3n) is 2.64. The van der Waals surface area contributed by atoms with Gasteiger partial charge in [0.05, 0.1) is 6.61 Å². The lowest BCUT2D eigenvalue weighted by molar-refractivity contribution is -0.146. The fourth-order valence-corrected chi connectivity index (χ4v) is 1.35. The molecule has 0 aliphatic heterocycles. The SMILES string of the molecule is CC(C)(CO)c1ccc(C(O)C(=O)O)cc1. The Labute approximate surface area is 94.2 Å². The number of carboxylic acid groups (broad SMARTS) is 1.